The number of benzene rings is 6. The highest BCUT2D eigenvalue weighted by Crippen LogP contribution is 2.42. The Morgan fingerprint density at radius 3 is 1.74 bits per heavy atom. The van der Waals surface area contributed by atoms with Gasteiger partial charge in [0.05, 0.1) is 0 Å². The van der Waals surface area contributed by atoms with Crippen LogP contribution in [0.4, 0.5) is 0 Å². The first-order valence-corrected chi connectivity index (χ1v) is 15.5. The average Bonchev–Trinajstić information content (AvgIpc) is 3.06. The second-order valence-corrected chi connectivity index (χ2v) is 12.4. The highest BCUT2D eigenvalue weighted by Gasteiger charge is 2.25. The third kappa shape index (κ3) is 4.93. The van der Waals surface area contributed by atoms with Gasteiger partial charge in [0.15, 0.2) is 0 Å². The highest BCUT2D eigenvalue weighted by molar-refractivity contribution is 7.80. The van der Waals surface area contributed by atoms with Crippen LogP contribution < -0.4 is 20.7 Å². The van der Waals surface area contributed by atoms with E-state index in [4.69, 9.17) is 14.9 Å². The first-order valence-electron chi connectivity index (χ1n) is 14.2. The van der Waals surface area contributed by atoms with E-state index in [0.29, 0.717) is 5.88 Å². The topological polar surface area (TPSA) is 35.0 Å². The first kappa shape index (κ1) is 26.1. The summed E-state index contributed by atoms with van der Waals surface area (Å²) in [5, 5.41) is 17.8. The molecule has 0 aliphatic rings. The molecule has 1 unspecified atom stereocenters. The van der Waals surface area contributed by atoms with E-state index in [-0.39, 0.29) is 6.10 Å². The molecular formula is C38H29N2OP. The quantitative estimate of drug-likeness (QED) is 0.184. The summed E-state index contributed by atoms with van der Waals surface area (Å²) in [5.74, 6) is 0.542. The van der Waals surface area contributed by atoms with Crippen LogP contribution in [0.2, 0.25) is 0 Å². The molecule has 0 bridgehead atoms. The van der Waals surface area contributed by atoms with Crippen molar-refractivity contribution < 1.29 is 4.74 Å². The van der Waals surface area contributed by atoms with E-state index in [0.717, 1.165) is 27.6 Å². The highest BCUT2D eigenvalue weighted by atomic mass is 31.1. The number of aromatic nitrogens is 2. The molecule has 0 radical (unpaired) electrons. The van der Waals surface area contributed by atoms with Crippen LogP contribution in [0.1, 0.15) is 18.6 Å². The molecule has 7 aromatic rings. The molecule has 42 heavy (non-hydrogen) atoms. The molecule has 6 aromatic carbocycles. The van der Waals surface area contributed by atoms with E-state index in [2.05, 4.69) is 134 Å². The van der Waals surface area contributed by atoms with E-state index in [9.17, 15) is 0 Å². The number of rotatable bonds is 7. The maximum atomic E-state index is 6.44. The molecule has 0 N–H and O–H groups in total. The summed E-state index contributed by atoms with van der Waals surface area (Å²) < 4.78 is 6.44. The predicted octanol–water partition coefficient (Wildman–Crippen LogP) is 8.35. The second kappa shape index (κ2) is 11.6. The molecular weight excluding hydrogens is 531 g/mol. The molecule has 202 valence electrons. The number of hydrogen-bond acceptors (Lipinski definition) is 3. The monoisotopic (exact) mass is 560 g/mol. The number of nitrogens with zero attached hydrogens (tertiary/aromatic N) is 2. The molecule has 1 aromatic heterocycles. The summed E-state index contributed by atoms with van der Waals surface area (Å²) >= 11 is 0. The van der Waals surface area contributed by atoms with Gasteiger partial charge in [-0.1, -0.05) is 146 Å². The van der Waals surface area contributed by atoms with Crippen LogP contribution in [0.15, 0.2) is 152 Å². The lowest BCUT2D eigenvalue weighted by Gasteiger charge is -2.24. The maximum Gasteiger partial charge on any atom is 0.242 e. The van der Waals surface area contributed by atoms with Gasteiger partial charge in [0.1, 0.15) is 11.8 Å². The van der Waals surface area contributed by atoms with Gasteiger partial charge in [0.25, 0.3) is 0 Å². The van der Waals surface area contributed by atoms with Gasteiger partial charge in [-0.15, -0.1) is 10.2 Å². The summed E-state index contributed by atoms with van der Waals surface area (Å²) in [6.45, 7) is 2.05. The molecule has 7 rings (SSSR count). The van der Waals surface area contributed by atoms with Crippen LogP contribution in [0.3, 0.4) is 0 Å². The van der Waals surface area contributed by atoms with Crippen LogP contribution in [-0.2, 0) is 0 Å². The van der Waals surface area contributed by atoms with Gasteiger partial charge in [0.2, 0.25) is 5.88 Å². The average molecular weight is 561 g/mol. The van der Waals surface area contributed by atoms with Crippen molar-refractivity contribution in [1.29, 1.82) is 0 Å². The summed E-state index contributed by atoms with van der Waals surface area (Å²) in [6, 6.07) is 53.3. The van der Waals surface area contributed by atoms with Crippen LogP contribution in [0, 0.1) is 0 Å². The fraction of sp³-hybridized carbons (Fsp3) is 0.0526. The zero-order valence-electron chi connectivity index (χ0n) is 23.3. The molecule has 3 nitrogen and oxygen atoms in total. The van der Waals surface area contributed by atoms with Crippen molar-refractivity contribution in [2.24, 2.45) is 0 Å². The third-order valence-electron chi connectivity index (χ3n) is 7.62. The molecule has 0 spiro atoms. The Morgan fingerprint density at radius 2 is 1.07 bits per heavy atom. The fourth-order valence-electron chi connectivity index (χ4n) is 5.59. The predicted molar refractivity (Wildman–Crippen MR) is 177 cm³/mol. The van der Waals surface area contributed by atoms with Gasteiger partial charge in [-0.2, -0.15) is 0 Å². The van der Waals surface area contributed by atoms with Crippen molar-refractivity contribution in [2.45, 2.75) is 13.0 Å². The molecule has 0 aliphatic heterocycles. The van der Waals surface area contributed by atoms with Gasteiger partial charge in [-0.3, -0.25) is 0 Å². The standard InChI is InChI=1S/C38H29N2OP/c1-27(28-15-5-2-6-16-28)41-38-34-24-14-13-23-33(34)37(39-40-38)36-32-22-12-11-17-29(32)25-26-35(36)42(30-18-7-3-8-19-30)31-20-9-4-10-21-31/h2-27H,1H3. The molecule has 0 fully saturated rings. The van der Waals surface area contributed by atoms with E-state index >= 15 is 0 Å². The third-order valence-corrected chi connectivity index (χ3v) is 10.1. The largest absolute Gasteiger partial charge is 0.468 e. The number of ether oxygens (including phenoxy) is 1. The van der Waals surface area contributed by atoms with Gasteiger partial charge in [-0.05, 0) is 53.2 Å². The summed E-state index contributed by atoms with van der Waals surface area (Å²) in [6.07, 6.45) is -0.160. The molecule has 4 heteroatoms. The van der Waals surface area contributed by atoms with Crippen LogP contribution in [0.5, 0.6) is 5.88 Å². The van der Waals surface area contributed by atoms with Crippen molar-refractivity contribution in [3.8, 4) is 17.1 Å². The van der Waals surface area contributed by atoms with E-state index in [1.165, 1.54) is 26.7 Å². The molecule has 0 aliphatic carbocycles. The SMILES string of the molecule is CC(Oc1nnc(-c2c(P(c3ccccc3)c3ccccc3)ccc3ccccc23)c2ccccc12)c1ccccc1. The van der Waals surface area contributed by atoms with Crippen molar-refractivity contribution in [3.05, 3.63) is 157 Å². The lowest BCUT2D eigenvalue weighted by molar-refractivity contribution is 0.218. The number of hydrogen-bond donors (Lipinski definition) is 0. The summed E-state index contributed by atoms with van der Waals surface area (Å²) in [7, 11) is -0.870. The van der Waals surface area contributed by atoms with Crippen molar-refractivity contribution in [1.82, 2.24) is 10.2 Å². The number of fused-ring (bicyclic) bond motifs is 2. The zero-order chi connectivity index (χ0) is 28.3. The van der Waals surface area contributed by atoms with Gasteiger partial charge in [-0.25, -0.2) is 0 Å². The van der Waals surface area contributed by atoms with Gasteiger partial charge in [0, 0.05) is 16.3 Å². The minimum atomic E-state index is -0.870. The normalized spacial score (nSPS) is 12.0. The van der Waals surface area contributed by atoms with Crippen LogP contribution >= 0.6 is 7.92 Å². The Hall–Kier alpha value is -4.85. The Balaban J connectivity index is 1.47. The fourth-order valence-corrected chi connectivity index (χ4v) is 8.06. The summed E-state index contributed by atoms with van der Waals surface area (Å²) in [5.41, 5.74) is 3.09. The smallest absolute Gasteiger partial charge is 0.242 e. The molecule has 1 heterocycles. The van der Waals surface area contributed by atoms with Gasteiger partial charge >= 0.3 is 0 Å². The van der Waals surface area contributed by atoms with E-state index in [1.54, 1.807) is 0 Å². The Kier molecular flexibility index (Phi) is 7.18. The van der Waals surface area contributed by atoms with Crippen molar-refractivity contribution in [3.63, 3.8) is 0 Å². The maximum absolute atomic E-state index is 6.44. The molecule has 0 saturated carbocycles. The summed E-state index contributed by atoms with van der Waals surface area (Å²) in [4.78, 5) is 0. The van der Waals surface area contributed by atoms with E-state index in [1.807, 2.05) is 24.3 Å². The van der Waals surface area contributed by atoms with Crippen molar-refractivity contribution in [2.75, 3.05) is 0 Å². The van der Waals surface area contributed by atoms with Crippen molar-refractivity contribution >= 4 is 45.4 Å². The van der Waals surface area contributed by atoms with Crippen LogP contribution in [-0.4, -0.2) is 10.2 Å². The Bertz CT molecular complexity index is 1940. The molecule has 0 amide bonds. The van der Waals surface area contributed by atoms with Crippen LogP contribution in [0.25, 0.3) is 32.8 Å². The first-order chi connectivity index (χ1) is 20.8. The second-order valence-electron chi connectivity index (χ2n) is 10.3. The van der Waals surface area contributed by atoms with E-state index < -0.39 is 7.92 Å². The Morgan fingerprint density at radius 1 is 0.524 bits per heavy atom. The lowest BCUT2D eigenvalue weighted by Crippen LogP contribution is -2.22. The molecule has 1 atom stereocenters. The van der Waals surface area contributed by atoms with Gasteiger partial charge < -0.3 is 4.74 Å². The lowest BCUT2D eigenvalue weighted by atomic mass is 9.98. The Labute approximate surface area is 247 Å². The minimum absolute atomic E-state index is 0.160. The molecule has 0 saturated heterocycles. The minimum Gasteiger partial charge on any atom is -0.468 e. The zero-order valence-corrected chi connectivity index (χ0v) is 24.2.